The van der Waals surface area contributed by atoms with Gasteiger partial charge in [0.15, 0.2) is 6.10 Å². The molecule has 2 aromatic rings. The van der Waals surface area contributed by atoms with E-state index in [1.165, 1.54) is 0 Å². The predicted molar refractivity (Wildman–Crippen MR) is 101 cm³/mol. The minimum absolute atomic E-state index is 0.335. The number of nitrogens with one attached hydrogen (secondary N) is 1. The third kappa shape index (κ3) is 6.59. The number of rotatable bonds is 9. The summed E-state index contributed by atoms with van der Waals surface area (Å²) >= 11 is 0. The quantitative estimate of drug-likeness (QED) is 0.680. The van der Waals surface area contributed by atoms with E-state index in [-0.39, 0.29) is 11.9 Å². The summed E-state index contributed by atoms with van der Waals surface area (Å²) in [6.45, 7) is 4.05. The van der Waals surface area contributed by atoms with E-state index in [4.69, 9.17) is 9.47 Å². The molecule has 0 saturated heterocycles. The molecular formula is C21H25NO4. The van der Waals surface area contributed by atoms with Gasteiger partial charge in [0.05, 0.1) is 0 Å². The van der Waals surface area contributed by atoms with Gasteiger partial charge in [-0.1, -0.05) is 43.7 Å². The Hall–Kier alpha value is -2.82. The first kappa shape index (κ1) is 19.5. The van der Waals surface area contributed by atoms with Crippen LogP contribution in [0.25, 0.3) is 0 Å². The largest absolute Gasteiger partial charge is 0.489 e. The van der Waals surface area contributed by atoms with Gasteiger partial charge >= 0.3 is 5.97 Å². The van der Waals surface area contributed by atoms with Crippen molar-refractivity contribution in [2.24, 2.45) is 0 Å². The molecule has 5 nitrogen and oxygen atoms in total. The Balaban J connectivity index is 1.80. The number of anilines is 1. The second kappa shape index (κ2) is 10.2. The van der Waals surface area contributed by atoms with Crippen molar-refractivity contribution in [1.29, 1.82) is 0 Å². The Morgan fingerprint density at radius 3 is 2.38 bits per heavy atom. The van der Waals surface area contributed by atoms with E-state index in [9.17, 15) is 9.59 Å². The maximum atomic E-state index is 12.1. The van der Waals surface area contributed by atoms with Crippen molar-refractivity contribution >= 4 is 17.6 Å². The molecular weight excluding hydrogens is 330 g/mol. The van der Waals surface area contributed by atoms with E-state index in [2.05, 4.69) is 5.32 Å². The number of unbranched alkanes of at least 4 members (excludes halogenated alkanes) is 1. The van der Waals surface area contributed by atoms with Crippen molar-refractivity contribution in [3.63, 3.8) is 0 Å². The van der Waals surface area contributed by atoms with Gasteiger partial charge in [0, 0.05) is 12.1 Å². The zero-order chi connectivity index (χ0) is 18.8. The van der Waals surface area contributed by atoms with Gasteiger partial charge in [-0.3, -0.25) is 9.59 Å². The molecule has 0 heterocycles. The Morgan fingerprint density at radius 1 is 1.04 bits per heavy atom. The first-order chi connectivity index (χ1) is 12.6. The standard InChI is InChI=1S/C21H25NO4/c1-3-4-10-20(23)26-16(2)21(24)22-18-11-13-19(14-12-18)25-15-17-8-6-5-7-9-17/h5-9,11-14,16H,3-4,10,15H2,1-2H3,(H,22,24). The molecule has 0 bridgehead atoms. The highest BCUT2D eigenvalue weighted by Gasteiger charge is 2.17. The minimum atomic E-state index is -0.826. The molecule has 2 rings (SSSR count). The van der Waals surface area contributed by atoms with E-state index < -0.39 is 6.10 Å². The Bertz CT molecular complexity index is 698. The van der Waals surface area contributed by atoms with E-state index in [1.54, 1.807) is 31.2 Å². The fourth-order valence-corrected chi connectivity index (χ4v) is 2.25. The van der Waals surface area contributed by atoms with Crippen molar-refractivity contribution in [3.05, 3.63) is 60.2 Å². The van der Waals surface area contributed by atoms with E-state index in [0.717, 1.165) is 18.4 Å². The number of esters is 1. The summed E-state index contributed by atoms with van der Waals surface area (Å²) in [5.41, 5.74) is 1.71. The first-order valence-electron chi connectivity index (χ1n) is 8.85. The van der Waals surface area contributed by atoms with Gasteiger partial charge in [-0.15, -0.1) is 0 Å². The van der Waals surface area contributed by atoms with Crippen LogP contribution in [0.2, 0.25) is 0 Å². The average molecular weight is 355 g/mol. The summed E-state index contributed by atoms with van der Waals surface area (Å²) in [6.07, 6.45) is 1.18. The monoisotopic (exact) mass is 355 g/mol. The lowest BCUT2D eigenvalue weighted by atomic mass is 10.2. The zero-order valence-electron chi connectivity index (χ0n) is 15.2. The van der Waals surface area contributed by atoms with Crippen LogP contribution >= 0.6 is 0 Å². The number of ether oxygens (including phenoxy) is 2. The first-order valence-corrected chi connectivity index (χ1v) is 8.85. The van der Waals surface area contributed by atoms with E-state index >= 15 is 0 Å². The summed E-state index contributed by atoms with van der Waals surface area (Å²) in [5, 5.41) is 2.73. The maximum Gasteiger partial charge on any atom is 0.306 e. The van der Waals surface area contributed by atoms with Gasteiger partial charge in [0.2, 0.25) is 0 Å². The van der Waals surface area contributed by atoms with Gasteiger partial charge in [-0.25, -0.2) is 0 Å². The molecule has 0 spiro atoms. The van der Waals surface area contributed by atoms with Gasteiger partial charge in [0.1, 0.15) is 12.4 Å². The Morgan fingerprint density at radius 2 is 1.73 bits per heavy atom. The molecule has 0 aliphatic carbocycles. The van der Waals surface area contributed by atoms with Crippen LogP contribution in [0.5, 0.6) is 5.75 Å². The molecule has 1 unspecified atom stereocenters. The third-order valence-corrected chi connectivity index (χ3v) is 3.78. The number of benzene rings is 2. The summed E-state index contributed by atoms with van der Waals surface area (Å²) in [6, 6.07) is 17.0. The Kier molecular flexibility index (Phi) is 7.68. The van der Waals surface area contributed by atoms with Crippen LogP contribution in [0, 0.1) is 0 Å². The molecule has 2 aromatic carbocycles. The van der Waals surface area contributed by atoms with Crippen LogP contribution in [0.15, 0.2) is 54.6 Å². The van der Waals surface area contributed by atoms with Crippen molar-refractivity contribution in [2.75, 3.05) is 5.32 Å². The average Bonchev–Trinajstić information content (AvgIpc) is 2.66. The Labute approximate surface area is 154 Å². The zero-order valence-corrected chi connectivity index (χ0v) is 15.2. The SMILES string of the molecule is CCCCC(=O)OC(C)C(=O)Nc1ccc(OCc2ccccc2)cc1. The van der Waals surface area contributed by atoms with E-state index in [0.29, 0.717) is 24.5 Å². The molecule has 1 N–H and O–H groups in total. The molecule has 138 valence electrons. The van der Waals surface area contributed by atoms with Crippen LogP contribution < -0.4 is 10.1 Å². The molecule has 26 heavy (non-hydrogen) atoms. The summed E-state index contributed by atoms with van der Waals surface area (Å²) < 4.78 is 10.8. The number of carbonyl (C=O) groups is 2. The van der Waals surface area contributed by atoms with Gasteiger partial charge in [-0.2, -0.15) is 0 Å². The number of amides is 1. The molecule has 0 aliphatic rings. The molecule has 5 heteroatoms. The molecule has 0 aliphatic heterocycles. The second-order valence-electron chi connectivity index (χ2n) is 6.02. The van der Waals surface area contributed by atoms with Crippen LogP contribution in [0.3, 0.4) is 0 Å². The predicted octanol–water partition coefficient (Wildman–Crippen LogP) is 4.33. The third-order valence-electron chi connectivity index (χ3n) is 3.78. The summed E-state index contributed by atoms with van der Waals surface area (Å²) in [5.74, 6) is 0.0119. The fourth-order valence-electron chi connectivity index (χ4n) is 2.25. The van der Waals surface area contributed by atoms with Gasteiger partial charge in [-0.05, 0) is 43.2 Å². The van der Waals surface area contributed by atoms with Crippen molar-refractivity contribution in [1.82, 2.24) is 0 Å². The van der Waals surface area contributed by atoms with E-state index in [1.807, 2.05) is 37.3 Å². The smallest absolute Gasteiger partial charge is 0.306 e. The molecule has 1 atom stereocenters. The van der Waals surface area contributed by atoms with Crippen molar-refractivity contribution < 1.29 is 19.1 Å². The lowest BCUT2D eigenvalue weighted by Crippen LogP contribution is -2.29. The molecule has 1 amide bonds. The van der Waals surface area contributed by atoms with Crippen molar-refractivity contribution in [2.45, 2.75) is 45.8 Å². The van der Waals surface area contributed by atoms with Crippen LogP contribution in [0.4, 0.5) is 5.69 Å². The second-order valence-corrected chi connectivity index (χ2v) is 6.02. The highest BCUT2D eigenvalue weighted by atomic mass is 16.5. The fraction of sp³-hybridized carbons (Fsp3) is 0.333. The normalized spacial score (nSPS) is 11.5. The molecule has 0 radical (unpaired) electrons. The lowest BCUT2D eigenvalue weighted by molar-refractivity contribution is -0.153. The van der Waals surface area contributed by atoms with Crippen LogP contribution in [-0.2, 0) is 20.9 Å². The van der Waals surface area contributed by atoms with Crippen LogP contribution in [0.1, 0.15) is 38.7 Å². The highest BCUT2D eigenvalue weighted by molar-refractivity contribution is 5.95. The maximum absolute atomic E-state index is 12.1. The number of carbonyl (C=O) groups excluding carboxylic acids is 2. The number of hydrogen-bond acceptors (Lipinski definition) is 4. The highest BCUT2D eigenvalue weighted by Crippen LogP contribution is 2.17. The topological polar surface area (TPSA) is 64.6 Å². The number of hydrogen-bond donors (Lipinski definition) is 1. The molecule has 0 fully saturated rings. The molecule has 0 aromatic heterocycles. The minimum Gasteiger partial charge on any atom is -0.489 e. The van der Waals surface area contributed by atoms with Crippen LogP contribution in [-0.4, -0.2) is 18.0 Å². The van der Waals surface area contributed by atoms with Crippen molar-refractivity contribution in [3.8, 4) is 5.75 Å². The molecule has 0 saturated carbocycles. The van der Waals surface area contributed by atoms with Gasteiger partial charge in [0.25, 0.3) is 5.91 Å². The lowest BCUT2D eigenvalue weighted by Gasteiger charge is -2.14. The summed E-state index contributed by atoms with van der Waals surface area (Å²) in [4.78, 5) is 23.7. The summed E-state index contributed by atoms with van der Waals surface area (Å²) in [7, 11) is 0. The van der Waals surface area contributed by atoms with Gasteiger partial charge < -0.3 is 14.8 Å².